The lowest BCUT2D eigenvalue weighted by Crippen LogP contribution is -2.47. The third-order valence-electron chi connectivity index (χ3n) is 4.27. The first kappa shape index (κ1) is 15.5. The number of nitrogens with one attached hydrogen (secondary N) is 1. The Hall–Kier alpha value is 0.100. The normalized spacial score (nSPS) is 36.2. The Morgan fingerprint density at radius 1 is 1.05 bits per heavy atom. The van der Waals surface area contributed by atoms with Crippen molar-refractivity contribution in [1.29, 1.82) is 0 Å². The molecule has 19 heavy (non-hydrogen) atoms. The number of hydrogen-bond donors (Lipinski definition) is 1. The van der Waals surface area contributed by atoms with Gasteiger partial charge in [0.15, 0.2) is 0 Å². The summed E-state index contributed by atoms with van der Waals surface area (Å²) >= 11 is 1.96. The van der Waals surface area contributed by atoms with Crippen LogP contribution in [0.25, 0.3) is 0 Å². The Morgan fingerprint density at radius 2 is 1.68 bits per heavy atom. The van der Waals surface area contributed by atoms with Gasteiger partial charge >= 0.3 is 6.18 Å². The molecule has 1 nitrogen and oxygen atoms in total. The van der Waals surface area contributed by atoms with E-state index in [0.717, 1.165) is 12.2 Å². The van der Waals surface area contributed by atoms with Crippen LogP contribution in [0.4, 0.5) is 13.2 Å². The average Bonchev–Trinajstić information content (AvgIpc) is 2.27. The summed E-state index contributed by atoms with van der Waals surface area (Å²) in [5.41, 5.74) is 0.351. The molecule has 1 heterocycles. The second kappa shape index (κ2) is 5.84. The molecule has 0 bridgehead atoms. The lowest BCUT2D eigenvalue weighted by molar-refractivity contribution is -0.182. The van der Waals surface area contributed by atoms with Crippen molar-refractivity contribution in [3.05, 3.63) is 0 Å². The topological polar surface area (TPSA) is 12.0 Å². The van der Waals surface area contributed by atoms with Gasteiger partial charge in [0.25, 0.3) is 0 Å². The van der Waals surface area contributed by atoms with Gasteiger partial charge in [0, 0.05) is 17.8 Å². The molecule has 0 aromatic carbocycles. The molecule has 1 atom stereocenters. The van der Waals surface area contributed by atoms with Gasteiger partial charge in [0.1, 0.15) is 0 Å². The number of halogens is 3. The van der Waals surface area contributed by atoms with Crippen molar-refractivity contribution < 1.29 is 13.2 Å². The van der Waals surface area contributed by atoms with Gasteiger partial charge < -0.3 is 5.32 Å². The zero-order chi connectivity index (χ0) is 14.1. The van der Waals surface area contributed by atoms with E-state index >= 15 is 0 Å². The fourth-order valence-electron chi connectivity index (χ4n) is 3.29. The Balaban J connectivity index is 1.77. The molecule has 2 aliphatic rings. The molecule has 1 saturated carbocycles. The molecule has 0 aromatic heterocycles. The van der Waals surface area contributed by atoms with Crippen LogP contribution >= 0.6 is 11.8 Å². The van der Waals surface area contributed by atoms with Gasteiger partial charge in [0.05, 0.1) is 5.92 Å². The number of alkyl halides is 3. The highest BCUT2D eigenvalue weighted by Gasteiger charge is 2.41. The van der Waals surface area contributed by atoms with Gasteiger partial charge in [-0.25, -0.2) is 0 Å². The monoisotopic (exact) mass is 295 g/mol. The minimum Gasteiger partial charge on any atom is -0.310 e. The second-order valence-electron chi connectivity index (χ2n) is 6.84. The molecule has 2 rings (SSSR count). The van der Waals surface area contributed by atoms with Crippen LogP contribution in [0.3, 0.4) is 0 Å². The highest BCUT2D eigenvalue weighted by atomic mass is 32.2. The fraction of sp³-hybridized carbons (Fsp3) is 1.00. The van der Waals surface area contributed by atoms with Crippen molar-refractivity contribution in [1.82, 2.24) is 5.32 Å². The first-order valence-corrected chi connectivity index (χ1v) is 8.32. The molecule has 1 aliphatic heterocycles. The Labute approximate surface area is 118 Å². The molecule has 112 valence electrons. The molecule has 1 N–H and O–H groups in total. The molecule has 0 spiro atoms. The van der Waals surface area contributed by atoms with E-state index in [1.807, 2.05) is 11.8 Å². The molecule has 1 unspecified atom stereocenters. The lowest BCUT2D eigenvalue weighted by atomic mass is 9.84. The zero-order valence-corrected chi connectivity index (χ0v) is 12.5. The fourth-order valence-corrected chi connectivity index (χ4v) is 4.58. The molecule has 0 amide bonds. The molecular formula is C14H24F3NS. The third-order valence-corrected chi connectivity index (χ3v) is 5.90. The van der Waals surface area contributed by atoms with Gasteiger partial charge in [-0.2, -0.15) is 24.9 Å². The van der Waals surface area contributed by atoms with Crippen LogP contribution in [0.1, 0.15) is 46.0 Å². The summed E-state index contributed by atoms with van der Waals surface area (Å²) in [6.07, 6.45) is -0.917. The molecule has 1 saturated heterocycles. The van der Waals surface area contributed by atoms with Crippen LogP contribution < -0.4 is 5.32 Å². The Morgan fingerprint density at radius 3 is 2.21 bits per heavy atom. The van der Waals surface area contributed by atoms with Crippen LogP contribution in [-0.4, -0.2) is 29.8 Å². The van der Waals surface area contributed by atoms with Crippen LogP contribution in [0.2, 0.25) is 0 Å². The standard InChI is InChI=1S/C14H24F3NS/c1-13(2)7-12(8-19-9-13)18-11-5-3-10(4-6-11)14(15,16)17/h10-12,18H,3-9H2,1-2H3. The molecular weight excluding hydrogens is 271 g/mol. The van der Waals surface area contributed by atoms with Gasteiger partial charge in [-0.15, -0.1) is 0 Å². The summed E-state index contributed by atoms with van der Waals surface area (Å²) < 4.78 is 37.8. The van der Waals surface area contributed by atoms with E-state index in [1.165, 1.54) is 5.75 Å². The maximum Gasteiger partial charge on any atom is 0.391 e. The summed E-state index contributed by atoms with van der Waals surface area (Å²) in [4.78, 5) is 0. The maximum absolute atomic E-state index is 12.6. The van der Waals surface area contributed by atoms with Gasteiger partial charge in [-0.3, -0.25) is 0 Å². The van der Waals surface area contributed by atoms with Crippen LogP contribution in [0.5, 0.6) is 0 Å². The molecule has 0 radical (unpaired) electrons. The van der Waals surface area contributed by atoms with E-state index in [2.05, 4.69) is 19.2 Å². The Bertz CT molecular complexity index is 296. The van der Waals surface area contributed by atoms with Crippen molar-refractivity contribution in [2.24, 2.45) is 11.3 Å². The average molecular weight is 295 g/mol. The summed E-state index contributed by atoms with van der Waals surface area (Å²) in [5, 5.41) is 3.60. The predicted molar refractivity (Wildman–Crippen MR) is 74.4 cm³/mol. The third kappa shape index (κ3) is 4.55. The molecule has 0 aromatic rings. The van der Waals surface area contributed by atoms with E-state index in [9.17, 15) is 13.2 Å². The van der Waals surface area contributed by atoms with Gasteiger partial charge in [0.2, 0.25) is 0 Å². The van der Waals surface area contributed by atoms with Gasteiger partial charge in [-0.1, -0.05) is 13.8 Å². The number of hydrogen-bond acceptors (Lipinski definition) is 2. The first-order valence-electron chi connectivity index (χ1n) is 7.17. The molecule has 5 heteroatoms. The SMILES string of the molecule is CC1(C)CSCC(NC2CCC(C(F)(F)F)CC2)C1. The summed E-state index contributed by atoms with van der Waals surface area (Å²) in [6, 6.07) is 0.763. The van der Waals surface area contributed by atoms with E-state index in [4.69, 9.17) is 0 Å². The van der Waals surface area contributed by atoms with Gasteiger partial charge in [-0.05, 0) is 43.3 Å². The second-order valence-corrected chi connectivity index (χ2v) is 7.87. The Kier molecular flexibility index (Phi) is 4.76. The lowest BCUT2D eigenvalue weighted by Gasteiger charge is -2.39. The van der Waals surface area contributed by atoms with Crippen molar-refractivity contribution in [2.75, 3.05) is 11.5 Å². The minimum absolute atomic E-state index is 0.290. The van der Waals surface area contributed by atoms with E-state index in [-0.39, 0.29) is 6.04 Å². The van der Waals surface area contributed by atoms with E-state index in [1.54, 1.807) is 0 Å². The van der Waals surface area contributed by atoms with Crippen LogP contribution in [-0.2, 0) is 0 Å². The molecule has 2 fully saturated rings. The minimum atomic E-state index is -3.99. The summed E-state index contributed by atoms with van der Waals surface area (Å²) in [6.45, 7) is 4.54. The number of rotatable bonds is 2. The maximum atomic E-state index is 12.6. The summed E-state index contributed by atoms with van der Waals surface area (Å²) in [5.74, 6) is 1.22. The summed E-state index contributed by atoms with van der Waals surface area (Å²) in [7, 11) is 0. The first-order chi connectivity index (χ1) is 8.76. The predicted octanol–water partition coefficient (Wildman–Crippen LogP) is 4.23. The zero-order valence-electron chi connectivity index (χ0n) is 11.7. The highest BCUT2D eigenvalue weighted by Crippen LogP contribution is 2.38. The van der Waals surface area contributed by atoms with Crippen LogP contribution in [0, 0.1) is 11.3 Å². The van der Waals surface area contributed by atoms with E-state index < -0.39 is 12.1 Å². The largest absolute Gasteiger partial charge is 0.391 e. The van der Waals surface area contributed by atoms with Crippen LogP contribution in [0.15, 0.2) is 0 Å². The van der Waals surface area contributed by atoms with E-state index in [0.29, 0.717) is 37.1 Å². The van der Waals surface area contributed by atoms with Crippen molar-refractivity contribution in [2.45, 2.75) is 64.2 Å². The molecule has 1 aliphatic carbocycles. The number of thioether (sulfide) groups is 1. The smallest absolute Gasteiger partial charge is 0.310 e. The quantitative estimate of drug-likeness (QED) is 0.818. The van der Waals surface area contributed by atoms with Crippen molar-refractivity contribution in [3.8, 4) is 0 Å². The van der Waals surface area contributed by atoms with Crippen molar-refractivity contribution in [3.63, 3.8) is 0 Å². The van der Waals surface area contributed by atoms with Crippen molar-refractivity contribution >= 4 is 11.8 Å². The highest BCUT2D eigenvalue weighted by molar-refractivity contribution is 7.99.